The Bertz CT molecular complexity index is 578. The van der Waals surface area contributed by atoms with E-state index >= 15 is 0 Å². The maximum atomic E-state index is 5.29. The zero-order valence-corrected chi connectivity index (χ0v) is 13.8. The molecule has 1 aromatic carbocycles. The van der Waals surface area contributed by atoms with Gasteiger partial charge < -0.3 is 15.4 Å². The van der Waals surface area contributed by atoms with E-state index in [0.29, 0.717) is 6.61 Å². The summed E-state index contributed by atoms with van der Waals surface area (Å²) in [7, 11) is 1.77. The summed E-state index contributed by atoms with van der Waals surface area (Å²) in [6, 6.07) is 10.3. The molecule has 0 spiro atoms. The Morgan fingerprint density at radius 2 is 2.00 bits per heavy atom. The van der Waals surface area contributed by atoms with Crippen LogP contribution in [0.15, 0.2) is 47.7 Å². The molecule has 2 aromatic rings. The summed E-state index contributed by atoms with van der Waals surface area (Å²) in [6.07, 6.45) is 4.65. The van der Waals surface area contributed by atoms with Crippen molar-refractivity contribution in [3.8, 4) is 5.69 Å². The molecule has 0 saturated heterocycles. The number of hydrogen-bond donors (Lipinski definition) is 2. The second-order valence-electron chi connectivity index (χ2n) is 4.99. The van der Waals surface area contributed by atoms with Gasteiger partial charge in [0.15, 0.2) is 5.96 Å². The molecule has 0 amide bonds. The van der Waals surface area contributed by atoms with E-state index in [-0.39, 0.29) is 0 Å². The first-order valence-electron chi connectivity index (χ1n) is 7.94. The summed E-state index contributed by atoms with van der Waals surface area (Å²) in [5, 5.41) is 10.7. The normalized spacial score (nSPS) is 11.5. The molecule has 124 valence electrons. The molecular weight excluding hydrogens is 290 g/mol. The van der Waals surface area contributed by atoms with Crippen LogP contribution < -0.4 is 10.6 Å². The maximum absolute atomic E-state index is 5.29. The highest BCUT2D eigenvalue weighted by Crippen LogP contribution is 2.08. The third kappa shape index (κ3) is 5.75. The highest BCUT2D eigenvalue weighted by atomic mass is 16.5. The largest absolute Gasteiger partial charge is 0.380 e. The van der Waals surface area contributed by atoms with Crippen LogP contribution in [-0.2, 0) is 11.2 Å². The Hall–Kier alpha value is -2.34. The van der Waals surface area contributed by atoms with Crippen molar-refractivity contribution >= 4 is 5.96 Å². The number of guanidine groups is 1. The van der Waals surface area contributed by atoms with E-state index < -0.39 is 0 Å². The van der Waals surface area contributed by atoms with Crippen LogP contribution in [0.4, 0.5) is 0 Å². The second-order valence-corrected chi connectivity index (χ2v) is 4.99. The minimum absolute atomic E-state index is 0.687. The lowest BCUT2D eigenvalue weighted by Crippen LogP contribution is -2.39. The first-order chi connectivity index (χ1) is 11.3. The zero-order chi connectivity index (χ0) is 16.3. The smallest absolute Gasteiger partial charge is 0.191 e. The van der Waals surface area contributed by atoms with Gasteiger partial charge in [0.05, 0.1) is 12.3 Å². The summed E-state index contributed by atoms with van der Waals surface area (Å²) < 4.78 is 7.14. The van der Waals surface area contributed by atoms with Crippen molar-refractivity contribution in [2.24, 2.45) is 4.99 Å². The Morgan fingerprint density at radius 1 is 1.22 bits per heavy atom. The van der Waals surface area contributed by atoms with Crippen molar-refractivity contribution in [3.63, 3.8) is 0 Å². The third-order valence-electron chi connectivity index (χ3n) is 3.38. The molecule has 0 radical (unpaired) electrons. The molecule has 0 aliphatic rings. The zero-order valence-electron chi connectivity index (χ0n) is 13.8. The Balaban J connectivity index is 1.73. The van der Waals surface area contributed by atoms with E-state index in [9.17, 15) is 0 Å². The summed E-state index contributed by atoms with van der Waals surface area (Å²) in [4.78, 5) is 4.19. The highest BCUT2D eigenvalue weighted by Gasteiger charge is 1.99. The van der Waals surface area contributed by atoms with Crippen molar-refractivity contribution < 1.29 is 4.74 Å². The Morgan fingerprint density at radius 3 is 2.65 bits per heavy atom. The fourth-order valence-corrected chi connectivity index (χ4v) is 2.17. The van der Waals surface area contributed by atoms with Crippen LogP contribution >= 0.6 is 0 Å². The fraction of sp³-hybridized carbons (Fsp3) is 0.412. The van der Waals surface area contributed by atoms with E-state index in [2.05, 4.69) is 45.0 Å². The topological polar surface area (TPSA) is 63.5 Å². The lowest BCUT2D eigenvalue weighted by molar-refractivity contribution is 0.152. The molecule has 23 heavy (non-hydrogen) atoms. The molecule has 0 bridgehead atoms. The average Bonchev–Trinajstić information content (AvgIpc) is 3.12. The van der Waals surface area contributed by atoms with Crippen molar-refractivity contribution in [2.45, 2.75) is 13.3 Å². The van der Waals surface area contributed by atoms with Crippen molar-refractivity contribution in [3.05, 3.63) is 48.3 Å². The Kier molecular flexibility index (Phi) is 7.13. The minimum atomic E-state index is 0.687. The number of rotatable bonds is 8. The summed E-state index contributed by atoms with van der Waals surface area (Å²) in [5.74, 6) is 0.804. The molecule has 2 rings (SSSR count). The standard InChI is InChI=1S/C17H25N5O/c1-3-23-14-12-20-17(18-2)19-11-9-15-5-7-16(8-6-15)22-13-4-10-21-22/h4-8,10,13H,3,9,11-12,14H2,1-2H3,(H2,18,19,20). The molecule has 0 aliphatic heterocycles. The second kappa shape index (κ2) is 9.63. The third-order valence-corrected chi connectivity index (χ3v) is 3.38. The molecular formula is C17H25N5O. The number of hydrogen-bond acceptors (Lipinski definition) is 3. The summed E-state index contributed by atoms with van der Waals surface area (Å²) in [5.41, 5.74) is 2.35. The van der Waals surface area contributed by atoms with Gasteiger partial charge >= 0.3 is 0 Å². The summed E-state index contributed by atoms with van der Waals surface area (Å²) >= 11 is 0. The number of benzene rings is 1. The molecule has 1 aromatic heterocycles. The van der Waals surface area contributed by atoms with Gasteiger partial charge in [0.2, 0.25) is 0 Å². The van der Waals surface area contributed by atoms with Crippen LogP contribution in [0, 0.1) is 0 Å². The van der Waals surface area contributed by atoms with Gasteiger partial charge in [-0.1, -0.05) is 12.1 Å². The quantitative estimate of drug-likeness (QED) is 0.441. The van der Waals surface area contributed by atoms with E-state index in [1.54, 1.807) is 13.2 Å². The van der Waals surface area contributed by atoms with Crippen LogP contribution in [0.2, 0.25) is 0 Å². The number of nitrogens with one attached hydrogen (secondary N) is 2. The average molecular weight is 315 g/mol. The first kappa shape index (κ1) is 17.0. The predicted molar refractivity (Wildman–Crippen MR) is 93.1 cm³/mol. The first-order valence-corrected chi connectivity index (χ1v) is 7.94. The van der Waals surface area contributed by atoms with E-state index in [4.69, 9.17) is 4.74 Å². The molecule has 6 heteroatoms. The lowest BCUT2D eigenvalue weighted by Gasteiger charge is -2.12. The molecule has 2 N–H and O–H groups in total. The van der Waals surface area contributed by atoms with Gasteiger partial charge in [-0.25, -0.2) is 4.68 Å². The molecule has 0 atom stereocenters. The van der Waals surface area contributed by atoms with Crippen molar-refractivity contribution in [2.75, 3.05) is 33.4 Å². The Labute approximate surface area is 137 Å². The highest BCUT2D eigenvalue weighted by molar-refractivity contribution is 5.79. The van der Waals surface area contributed by atoms with Crippen LogP contribution in [0.25, 0.3) is 5.69 Å². The van der Waals surface area contributed by atoms with Gasteiger partial charge in [0.1, 0.15) is 0 Å². The van der Waals surface area contributed by atoms with E-state index in [0.717, 1.165) is 37.8 Å². The molecule has 6 nitrogen and oxygen atoms in total. The van der Waals surface area contributed by atoms with Crippen LogP contribution in [0.3, 0.4) is 0 Å². The maximum Gasteiger partial charge on any atom is 0.191 e. The molecule has 0 fully saturated rings. The molecule has 0 saturated carbocycles. The minimum Gasteiger partial charge on any atom is -0.380 e. The molecule has 0 unspecified atom stereocenters. The van der Waals surface area contributed by atoms with Gasteiger partial charge in [-0.3, -0.25) is 4.99 Å². The van der Waals surface area contributed by atoms with Gasteiger partial charge in [-0.2, -0.15) is 5.10 Å². The van der Waals surface area contributed by atoms with Gasteiger partial charge in [0, 0.05) is 39.1 Å². The van der Waals surface area contributed by atoms with Crippen molar-refractivity contribution in [1.29, 1.82) is 0 Å². The van der Waals surface area contributed by atoms with Gasteiger partial charge in [0.25, 0.3) is 0 Å². The van der Waals surface area contributed by atoms with Crippen LogP contribution in [-0.4, -0.2) is 49.1 Å². The number of nitrogens with zero attached hydrogens (tertiary/aromatic N) is 3. The van der Waals surface area contributed by atoms with Gasteiger partial charge in [-0.15, -0.1) is 0 Å². The molecule has 1 heterocycles. The fourth-order valence-electron chi connectivity index (χ4n) is 2.17. The lowest BCUT2D eigenvalue weighted by atomic mass is 10.1. The number of aromatic nitrogens is 2. The molecule has 0 aliphatic carbocycles. The summed E-state index contributed by atoms with van der Waals surface area (Å²) in [6.45, 7) is 5.00. The van der Waals surface area contributed by atoms with Gasteiger partial charge in [-0.05, 0) is 37.1 Å². The van der Waals surface area contributed by atoms with Crippen molar-refractivity contribution in [1.82, 2.24) is 20.4 Å². The van der Waals surface area contributed by atoms with Crippen LogP contribution in [0.1, 0.15) is 12.5 Å². The predicted octanol–water partition coefficient (Wildman–Crippen LogP) is 1.62. The monoisotopic (exact) mass is 315 g/mol. The number of ether oxygens (including phenoxy) is 1. The number of aliphatic imine (C=N–C) groups is 1. The SMILES string of the molecule is CCOCCNC(=NC)NCCc1ccc(-n2cccn2)cc1. The van der Waals surface area contributed by atoms with E-state index in [1.165, 1.54) is 5.56 Å². The van der Waals surface area contributed by atoms with Crippen LogP contribution in [0.5, 0.6) is 0 Å². The van der Waals surface area contributed by atoms with E-state index in [1.807, 2.05) is 23.9 Å².